The molecule has 0 unspecified atom stereocenters. The Balaban J connectivity index is 1.70. The minimum Gasteiger partial charge on any atom is -0.478 e. The van der Waals surface area contributed by atoms with Gasteiger partial charge in [-0.25, -0.2) is 4.98 Å². The van der Waals surface area contributed by atoms with Gasteiger partial charge in [-0.2, -0.15) is 0 Å². The molecule has 0 aliphatic carbocycles. The Kier molecular flexibility index (Phi) is 5.68. The van der Waals surface area contributed by atoms with Gasteiger partial charge in [0.15, 0.2) is 0 Å². The van der Waals surface area contributed by atoms with Crippen molar-refractivity contribution in [2.24, 2.45) is 5.92 Å². The van der Waals surface area contributed by atoms with Gasteiger partial charge in [0, 0.05) is 50.0 Å². The fourth-order valence-corrected chi connectivity index (χ4v) is 3.70. The van der Waals surface area contributed by atoms with Crippen LogP contribution in [0.15, 0.2) is 18.3 Å². The molecule has 6 nitrogen and oxygen atoms in total. The van der Waals surface area contributed by atoms with Gasteiger partial charge in [-0.1, -0.05) is 13.3 Å². The zero-order valence-electron chi connectivity index (χ0n) is 14.6. The maximum Gasteiger partial charge on any atom is 0.254 e. The molecule has 0 saturated carbocycles. The van der Waals surface area contributed by atoms with E-state index in [9.17, 15) is 4.79 Å². The zero-order chi connectivity index (χ0) is 16.9. The fraction of sp³-hybridized carbons (Fsp3) is 0.667. The van der Waals surface area contributed by atoms with Crippen LogP contribution < -0.4 is 4.74 Å². The summed E-state index contributed by atoms with van der Waals surface area (Å²) in [4.78, 5) is 21.5. The van der Waals surface area contributed by atoms with Crippen molar-refractivity contribution in [1.82, 2.24) is 14.8 Å². The maximum atomic E-state index is 12.9. The summed E-state index contributed by atoms with van der Waals surface area (Å²) in [5.41, 5.74) is 0.658. The van der Waals surface area contributed by atoms with Crippen LogP contribution >= 0.6 is 0 Å². The van der Waals surface area contributed by atoms with Crippen molar-refractivity contribution in [3.05, 3.63) is 23.9 Å². The summed E-state index contributed by atoms with van der Waals surface area (Å²) in [5, 5.41) is 0. The molecule has 2 fully saturated rings. The summed E-state index contributed by atoms with van der Waals surface area (Å²) in [6.45, 7) is 9.81. The van der Waals surface area contributed by atoms with Gasteiger partial charge in [0.1, 0.15) is 0 Å². The largest absolute Gasteiger partial charge is 0.478 e. The second kappa shape index (κ2) is 7.94. The number of ether oxygens (including phenoxy) is 2. The number of hydrogen-bond acceptors (Lipinski definition) is 5. The van der Waals surface area contributed by atoms with Crippen molar-refractivity contribution >= 4 is 5.91 Å². The Hall–Kier alpha value is -1.66. The number of aromatic nitrogens is 1. The first-order chi connectivity index (χ1) is 11.7. The summed E-state index contributed by atoms with van der Waals surface area (Å²) in [5.74, 6) is 1.12. The maximum absolute atomic E-state index is 12.9. The first-order valence-corrected chi connectivity index (χ1v) is 8.92. The van der Waals surface area contributed by atoms with Gasteiger partial charge in [0.2, 0.25) is 5.88 Å². The van der Waals surface area contributed by atoms with Gasteiger partial charge in [0.25, 0.3) is 5.91 Å². The summed E-state index contributed by atoms with van der Waals surface area (Å²) in [6.07, 6.45) is 2.73. The van der Waals surface area contributed by atoms with Gasteiger partial charge in [-0.05, 0) is 18.9 Å². The number of morpholine rings is 1. The number of pyridine rings is 1. The fourth-order valence-electron chi connectivity index (χ4n) is 3.70. The highest BCUT2D eigenvalue weighted by atomic mass is 16.5. The Morgan fingerprint density at radius 3 is 2.83 bits per heavy atom. The number of amides is 1. The quantitative estimate of drug-likeness (QED) is 0.820. The molecule has 2 aliphatic rings. The van der Waals surface area contributed by atoms with E-state index < -0.39 is 0 Å². The Labute approximate surface area is 143 Å². The normalized spacial score (nSPS) is 25.0. The SMILES string of the molecule is CCOc1cc(C(=O)N2C[C@@H](CC)[C@H](N3CCOCC3)C2)ccn1. The standard InChI is InChI=1S/C18H27N3O3/c1-3-14-12-21(13-16(14)20-7-9-23-10-8-20)18(22)15-5-6-19-17(11-15)24-4-2/h5-6,11,14,16H,3-4,7-10,12-13H2,1-2H3/t14-,16-/m1/s1. The number of carbonyl (C=O) groups excluding carboxylic acids is 1. The summed E-state index contributed by atoms with van der Waals surface area (Å²) in [7, 11) is 0. The Morgan fingerprint density at radius 2 is 2.12 bits per heavy atom. The van der Waals surface area contributed by atoms with Crippen molar-refractivity contribution in [1.29, 1.82) is 0 Å². The van der Waals surface area contributed by atoms with E-state index in [-0.39, 0.29) is 5.91 Å². The molecule has 0 aromatic carbocycles. The van der Waals surface area contributed by atoms with Crippen LogP contribution in [0.5, 0.6) is 5.88 Å². The minimum atomic E-state index is 0.0764. The molecule has 2 atom stereocenters. The lowest BCUT2D eigenvalue weighted by molar-refractivity contribution is 0.0103. The summed E-state index contributed by atoms with van der Waals surface area (Å²) >= 11 is 0. The van der Waals surface area contributed by atoms with Crippen molar-refractivity contribution in [3.8, 4) is 5.88 Å². The van der Waals surface area contributed by atoms with E-state index in [4.69, 9.17) is 9.47 Å². The third-order valence-electron chi connectivity index (χ3n) is 5.01. The smallest absolute Gasteiger partial charge is 0.254 e. The topological polar surface area (TPSA) is 54.9 Å². The molecular formula is C18H27N3O3. The highest BCUT2D eigenvalue weighted by Crippen LogP contribution is 2.27. The number of likely N-dealkylation sites (tertiary alicyclic amines) is 1. The molecule has 1 aromatic heterocycles. The number of carbonyl (C=O) groups is 1. The predicted octanol–water partition coefficient (Wildman–Crippen LogP) is 1.66. The van der Waals surface area contributed by atoms with Gasteiger partial charge in [0.05, 0.1) is 19.8 Å². The van der Waals surface area contributed by atoms with Crippen LogP contribution in [-0.2, 0) is 4.74 Å². The molecule has 6 heteroatoms. The average molecular weight is 333 g/mol. The Bertz CT molecular complexity index is 560. The molecule has 3 rings (SSSR count). The van der Waals surface area contributed by atoms with Crippen LogP contribution in [0.25, 0.3) is 0 Å². The lowest BCUT2D eigenvalue weighted by Crippen LogP contribution is -2.47. The van der Waals surface area contributed by atoms with E-state index in [1.54, 1.807) is 18.3 Å². The first kappa shape index (κ1) is 17.2. The molecule has 1 amide bonds. The van der Waals surface area contributed by atoms with Crippen molar-refractivity contribution in [3.63, 3.8) is 0 Å². The van der Waals surface area contributed by atoms with Gasteiger partial charge >= 0.3 is 0 Å². The van der Waals surface area contributed by atoms with E-state index >= 15 is 0 Å². The van der Waals surface area contributed by atoms with Crippen molar-refractivity contribution in [2.75, 3.05) is 46.0 Å². The molecule has 0 radical (unpaired) electrons. The summed E-state index contributed by atoms with van der Waals surface area (Å²) < 4.78 is 10.9. The molecule has 132 valence electrons. The molecule has 0 N–H and O–H groups in total. The second-order valence-corrected chi connectivity index (χ2v) is 6.41. The van der Waals surface area contributed by atoms with E-state index in [0.29, 0.717) is 30.0 Å². The van der Waals surface area contributed by atoms with E-state index in [0.717, 1.165) is 45.8 Å². The van der Waals surface area contributed by atoms with E-state index in [2.05, 4.69) is 16.8 Å². The number of nitrogens with zero attached hydrogens (tertiary/aromatic N) is 3. The molecule has 1 aromatic rings. The van der Waals surface area contributed by atoms with E-state index in [1.165, 1.54) is 0 Å². The van der Waals surface area contributed by atoms with Gasteiger partial charge < -0.3 is 14.4 Å². The van der Waals surface area contributed by atoms with Crippen molar-refractivity contribution < 1.29 is 14.3 Å². The van der Waals surface area contributed by atoms with Crippen LogP contribution in [0.1, 0.15) is 30.6 Å². The third-order valence-corrected chi connectivity index (χ3v) is 5.01. The summed E-state index contributed by atoms with van der Waals surface area (Å²) in [6, 6.07) is 3.96. The van der Waals surface area contributed by atoms with Crippen LogP contribution in [0, 0.1) is 5.92 Å². The monoisotopic (exact) mass is 333 g/mol. The van der Waals surface area contributed by atoms with Crippen LogP contribution in [-0.4, -0.2) is 72.7 Å². The molecular weight excluding hydrogens is 306 g/mol. The number of rotatable bonds is 5. The Morgan fingerprint density at radius 1 is 1.33 bits per heavy atom. The van der Waals surface area contributed by atoms with Crippen LogP contribution in [0.2, 0.25) is 0 Å². The minimum absolute atomic E-state index is 0.0764. The highest BCUT2D eigenvalue weighted by Gasteiger charge is 2.38. The van der Waals surface area contributed by atoms with Crippen LogP contribution in [0.3, 0.4) is 0 Å². The molecule has 0 spiro atoms. The van der Waals surface area contributed by atoms with E-state index in [1.807, 2.05) is 11.8 Å². The zero-order valence-corrected chi connectivity index (χ0v) is 14.6. The van der Waals surface area contributed by atoms with Crippen molar-refractivity contribution in [2.45, 2.75) is 26.3 Å². The second-order valence-electron chi connectivity index (χ2n) is 6.41. The predicted molar refractivity (Wildman–Crippen MR) is 91.3 cm³/mol. The lowest BCUT2D eigenvalue weighted by Gasteiger charge is -2.34. The molecule has 24 heavy (non-hydrogen) atoms. The van der Waals surface area contributed by atoms with Crippen LogP contribution in [0.4, 0.5) is 0 Å². The molecule has 2 saturated heterocycles. The van der Waals surface area contributed by atoms with Gasteiger partial charge in [-0.3, -0.25) is 9.69 Å². The lowest BCUT2D eigenvalue weighted by atomic mass is 9.99. The molecule has 2 aliphatic heterocycles. The average Bonchev–Trinajstić information content (AvgIpc) is 3.07. The van der Waals surface area contributed by atoms with Gasteiger partial charge in [-0.15, -0.1) is 0 Å². The highest BCUT2D eigenvalue weighted by molar-refractivity contribution is 5.94. The molecule has 3 heterocycles. The third kappa shape index (κ3) is 3.70. The molecule has 0 bridgehead atoms. The first-order valence-electron chi connectivity index (χ1n) is 8.92. The number of hydrogen-bond donors (Lipinski definition) is 0.